The molecular formula is C32H24FN3O2. The molecule has 0 radical (unpaired) electrons. The molecule has 1 aliphatic heterocycles. The number of hydrogen-bond acceptors (Lipinski definition) is 3. The standard InChI is InChI=1S/C32H24FN3O2/c33-25-13-11-22(12-14-25)29-19-27(26-8-4-5-9-28(26)35-29)31(37)34-20-21-10-15-30-24(18-21)16-17-36(30)32(38)23-6-2-1-3-7-23/h1-15,18-19H,16-17,20H2,(H,34,37). The number of anilines is 1. The van der Waals surface area contributed by atoms with Gasteiger partial charge in [-0.15, -0.1) is 0 Å². The van der Waals surface area contributed by atoms with Gasteiger partial charge in [-0.05, 0) is 72.1 Å². The van der Waals surface area contributed by atoms with Gasteiger partial charge in [0.05, 0.1) is 16.8 Å². The van der Waals surface area contributed by atoms with Crippen molar-refractivity contribution in [1.82, 2.24) is 10.3 Å². The van der Waals surface area contributed by atoms with Crippen LogP contribution < -0.4 is 10.2 Å². The zero-order valence-corrected chi connectivity index (χ0v) is 20.5. The number of halogens is 1. The van der Waals surface area contributed by atoms with Gasteiger partial charge in [0, 0.05) is 35.3 Å². The van der Waals surface area contributed by atoms with Gasteiger partial charge in [0.2, 0.25) is 0 Å². The summed E-state index contributed by atoms with van der Waals surface area (Å²) in [6.07, 6.45) is 0.770. The van der Waals surface area contributed by atoms with Crippen LogP contribution in [0.25, 0.3) is 22.2 Å². The van der Waals surface area contributed by atoms with E-state index < -0.39 is 0 Å². The molecule has 1 aliphatic rings. The fraction of sp³-hybridized carbons (Fsp3) is 0.0938. The van der Waals surface area contributed by atoms with E-state index in [1.165, 1.54) is 12.1 Å². The number of fused-ring (bicyclic) bond motifs is 2. The van der Waals surface area contributed by atoms with Crippen LogP contribution in [0.5, 0.6) is 0 Å². The zero-order chi connectivity index (χ0) is 26.1. The highest BCUT2D eigenvalue weighted by molar-refractivity contribution is 6.08. The van der Waals surface area contributed by atoms with E-state index in [0.29, 0.717) is 35.4 Å². The highest BCUT2D eigenvalue weighted by atomic mass is 19.1. The number of rotatable bonds is 5. The monoisotopic (exact) mass is 501 g/mol. The third kappa shape index (κ3) is 4.52. The van der Waals surface area contributed by atoms with Crippen LogP contribution in [-0.2, 0) is 13.0 Å². The Morgan fingerprint density at radius 2 is 1.63 bits per heavy atom. The van der Waals surface area contributed by atoms with Crippen LogP contribution in [0.3, 0.4) is 0 Å². The number of para-hydroxylation sites is 1. The largest absolute Gasteiger partial charge is 0.348 e. The molecule has 0 unspecified atom stereocenters. The molecule has 0 fully saturated rings. The van der Waals surface area contributed by atoms with Crippen LogP contribution in [0.1, 0.15) is 31.8 Å². The van der Waals surface area contributed by atoms with E-state index in [0.717, 1.165) is 34.2 Å². The van der Waals surface area contributed by atoms with Gasteiger partial charge in [0.15, 0.2) is 0 Å². The lowest BCUT2D eigenvalue weighted by molar-refractivity contribution is 0.0951. The SMILES string of the molecule is O=C(NCc1ccc2c(c1)CCN2C(=O)c1ccccc1)c1cc(-c2ccc(F)cc2)nc2ccccc12. The lowest BCUT2D eigenvalue weighted by Crippen LogP contribution is -2.28. The molecule has 0 atom stereocenters. The number of aromatic nitrogens is 1. The molecule has 0 saturated heterocycles. The third-order valence-electron chi connectivity index (χ3n) is 6.86. The van der Waals surface area contributed by atoms with Crippen LogP contribution in [0.4, 0.5) is 10.1 Å². The summed E-state index contributed by atoms with van der Waals surface area (Å²) in [6, 6.07) is 30.6. The second kappa shape index (κ2) is 9.90. The number of hydrogen-bond donors (Lipinski definition) is 1. The van der Waals surface area contributed by atoms with Gasteiger partial charge < -0.3 is 10.2 Å². The average molecular weight is 502 g/mol. The minimum Gasteiger partial charge on any atom is -0.348 e. The summed E-state index contributed by atoms with van der Waals surface area (Å²) in [6.45, 7) is 0.981. The molecule has 0 aliphatic carbocycles. The average Bonchev–Trinajstić information content (AvgIpc) is 3.39. The molecule has 0 bridgehead atoms. The van der Waals surface area contributed by atoms with Gasteiger partial charge in [-0.3, -0.25) is 9.59 Å². The summed E-state index contributed by atoms with van der Waals surface area (Å²) >= 11 is 0. The molecule has 2 heterocycles. The highest BCUT2D eigenvalue weighted by Crippen LogP contribution is 2.30. The van der Waals surface area contributed by atoms with Gasteiger partial charge in [0.1, 0.15) is 5.82 Å². The third-order valence-corrected chi connectivity index (χ3v) is 6.86. The molecule has 5 nitrogen and oxygen atoms in total. The van der Waals surface area contributed by atoms with Crippen LogP contribution in [0, 0.1) is 5.82 Å². The first-order chi connectivity index (χ1) is 18.6. The number of amides is 2. The van der Waals surface area contributed by atoms with Crippen molar-refractivity contribution in [1.29, 1.82) is 0 Å². The Labute approximate surface area is 219 Å². The number of carbonyl (C=O) groups excluding carboxylic acids is 2. The van der Waals surface area contributed by atoms with Gasteiger partial charge in [0.25, 0.3) is 11.8 Å². The van der Waals surface area contributed by atoms with Crippen LogP contribution in [0.15, 0.2) is 103 Å². The summed E-state index contributed by atoms with van der Waals surface area (Å²) in [5.41, 5.74) is 6.18. The fourth-order valence-electron chi connectivity index (χ4n) is 4.92. The van der Waals surface area contributed by atoms with Crippen molar-refractivity contribution in [2.75, 3.05) is 11.4 Å². The number of carbonyl (C=O) groups is 2. The number of nitrogens with zero attached hydrogens (tertiary/aromatic N) is 2. The smallest absolute Gasteiger partial charge is 0.258 e. The van der Waals surface area contributed by atoms with Crippen molar-refractivity contribution in [2.45, 2.75) is 13.0 Å². The molecule has 1 aromatic heterocycles. The molecule has 6 rings (SSSR count). The molecular weight excluding hydrogens is 477 g/mol. The Balaban J connectivity index is 1.22. The first-order valence-corrected chi connectivity index (χ1v) is 12.5. The van der Waals surface area contributed by atoms with Crippen molar-refractivity contribution in [3.8, 4) is 11.3 Å². The summed E-state index contributed by atoms with van der Waals surface area (Å²) in [5, 5.41) is 3.79. The minimum atomic E-state index is -0.325. The van der Waals surface area contributed by atoms with Crippen molar-refractivity contribution in [3.63, 3.8) is 0 Å². The summed E-state index contributed by atoms with van der Waals surface area (Å²) < 4.78 is 13.4. The minimum absolute atomic E-state index is 0.00748. The predicted molar refractivity (Wildman–Crippen MR) is 147 cm³/mol. The zero-order valence-electron chi connectivity index (χ0n) is 20.5. The molecule has 1 N–H and O–H groups in total. The van der Waals surface area contributed by atoms with Gasteiger partial charge in [-0.1, -0.05) is 48.5 Å². The van der Waals surface area contributed by atoms with E-state index in [9.17, 15) is 14.0 Å². The van der Waals surface area contributed by atoms with E-state index in [1.807, 2.05) is 71.6 Å². The number of pyridine rings is 1. The lowest BCUT2D eigenvalue weighted by atomic mass is 10.0. The molecule has 2 amide bonds. The second-order valence-electron chi connectivity index (χ2n) is 9.30. The predicted octanol–water partition coefficient (Wildman–Crippen LogP) is 6.17. The molecule has 6 heteroatoms. The Morgan fingerprint density at radius 1 is 0.868 bits per heavy atom. The summed E-state index contributed by atoms with van der Waals surface area (Å²) in [5.74, 6) is -0.547. The van der Waals surface area contributed by atoms with Crippen molar-refractivity contribution < 1.29 is 14.0 Å². The van der Waals surface area contributed by atoms with E-state index in [4.69, 9.17) is 0 Å². The molecule has 186 valence electrons. The molecule has 4 aromatic carbocycles. The maximum atomic E-state index is 13.4. The fourth-order valence-corrected chi connectivity index (χ4v) is 4.92. The van der Waals surface area contributed by atoms with E-state index in [2.05, 4.69) is 16.4 Å². The number of nitrogens with one attached hydrogen (secondary N) is 1. The topological polar surface area (TPSA) is 62.3 Å². The van der Waals surface area contributed by atoms with Gasteiger partial charge in [-0.25, -0.2) is 9.37 Å². The van der Waals surface area contributed by atoms with Crippen molar-refractivity contribution in [2.24, 2.45) is 0 Å². The number of benzene rings is 4. The maximum absolute atomic E-state index is 13.4. The first-order valence-electron chi connectivity index (χ1n) is 12.5. The normalized spacial score (nSPS) is 12.4. The Kier molecular flexibility index (Phi) is 6.14. The highest BCUT2D eigenvalue weighted by Gasteiger charge is 2.25. The maximum Gasteiger partial charge on any atom is 0.258 e. The quantitative estimate of drug-likeness (QED) is 0.313. The Hall–Kier alpha value is -4.84. The van der Waals surface area contributed by atoms with Crippen LogP contribution >= 0.6 is 0 Å². The van der Waals surface area contributed by atoms with E-state index >= 15 is 0 Å². The van der Waals surface area contributed by atoms with Crippen LogP contribution in [-0.4, -0.2) is 23.3 Å². The van der Waals surface area contributed by atoms with Crippen LogP contribution in [0.2, 0.25) is 0 Å². The molecule has 0 saturated carbocycles. The van der Waals surface area contributed by atoms with Gasteiger partial charge >= 0.3 is 0 Å². The van der Waals surface area contributed by atoms with Crippen molar-refractivity contribution in [3.05, 3.63) is 131 Å². The molecule has 38 heavy (non-hydrogen) atoms. The molecule has 0 spiro atoms. The Morgan fingerprint density at radius 3 is 2.45 bits per heavy atom. The first kappa shape index (κ1) is 23.6. The summed E-state index contributed by atoms with van der Waals surface area (Å²) in [7, 11) is 0. The lowest BCUT2D eigenvalue weighted by Gasteiger charge is -2.18. The second-order valence-corrected chi connectivity index (χ2v) is 9.30. The Bertz CT molecular complexity index is 1670. The van der Waals surface area contributed by atoms with E-state index in [-0.39, 0.29) is 17.6 Å². The molecule has 5 aromatic rings. The van der Waals surface area contributed by atoms with Crippen molar-refractivity contribution >= 4 is 28.4 Å². The van der Waals surface area contributed by atoms with E-state index in [1.54, 1.807) is 18.2 Å². The summed E-state index contributed by atoms with van der Waals surface area (Å²) in [4.78, 5) is 32.8. The van der Waals surface area contributed by atoms with Gasteiger partial charge in [-0.2, -0.15) is 0 Å².